The Morgan fingerprint density at radius 2 is 1.73 bits per heavy atom. The van der Waals surface area contributed by atoms with Crippen molar-refractivity contribution >= 4 is 0 Å². The van der Waals surface area contributed by atoms with E-state index < -0.39 is 11.6 Å². The van der Waals surface area contributed by atoms with Crippen LogP contribution in [-0.4, -0.2) is 45.2 Å². The van der Waals surface area contributed by atoms with Gasteiger partial charge in [-0.15, -0.1) is 5.10 Å². The van der Waals surface area contributed by atoms with Gasteiger partial charge < -0.3 is 9.47 Å². The van der Waals surface area contributed by atoms with Crippen LogP contribution in [0.5, 0.6) is 11.5 Å². The topological polar surface area (TPSA) is 52.4 Å². The molecule has 6 nitrogen and oxygen atoms in total. The maximum atomic E-state index is 13.8. The maximum Gasteiger partial charge on any atom is 0.200 e. The van der Waals surface area contributed by atoms with E-state index in [4.69, 9.17) is 9.47 Å². The summed E-state index contributed by atoms with van der Waals surface area (Å²) in [7, 11) is 1.82. The van der Waals surface area contributed by atoms with Gasteiger partial charge >= 0.3 is 0 Å². The molecule has 0 aliphatic carbocycles. The molecule has 0 amide bonds. The zero-order chi connectivity index (χ0) is 15.3. The number of nitrogens with zero attached hydrogens (tertiary/aromatic N) is 4. The molecule has 4 rings (SSSR count). The van der Waals surface area contributed by atoms with Crippen molar-refractivity contribution in [2.24, 2.45) is 7.05 Å². The Labute approximate surface area is 125 Å². The number of aromatic nitrogens is 3. The molecule has 2 aliphatic rings. The lowest BCUT2D eigenvalue weighted by molar-refractivity contribution is 0.0467. The second-order valence-electron chi connectivity index (χ2n) is 5.54. The van der Waals surface area contributed by atoms with Gasteiger partial charge in [-0.2, -0.15) is 0 Å². The third-order valence-electron chi connectivity index (χ3n) is 4.04. The zero-order valence-electron chi connectivity index (χ0n) is 11.9. The summed E-state index contributed by atoms with van der Waals surface area (Å²) >= 11 is 0. The van der Waals surface area contributed by atoms with Crippen molar-refractivity contribution in [2.75, 3.05) is 13.1 Å². The van der Waals surface area contributed by atoms with Gasteiger partial charge in [-0.05, 0) is 12.1 Å². The van der Waals surface area contributed by atoms with E-state index in [2.05, 4.69) is 15.2 Å². The van der Waals surface area contributed by atoms with E-state index in [1.54, 1.807) is 10.9 Å². The highest BCUT2D eigenvalue weighted by molar-refractivity contribution is 5.44. The van der Waals surface area contributed by atoms with Crippen LogP contribution in [0.4, 0.5) is 8.78 Å². The fourth-order valence-corrected chi connectivity index (χ4v) is 2.89. The fourth-order valence-electron chi connectivity index (χ4n) is 2.89. The summed E-state index contributed by atoms with van der Waals surface area (Å²) in [6, 6.07) is 2.10. The third-order valence-corrected chi connectivity index (χ3v) is 4.04. The van der Waals surface area contributed by atoms with Gasteiger partial charge in [0, 0.05) is 26.7 Å². The van der Waals surface area contributed by atoms with Gasteiger partial charge in [-0.3, -0.25) is 9.58 Å². The first-order chi connectivity index (χ1) is 10.6. The molecule has 22 heavy (non-hydrogen) atoms. The summed E-state index contributed by atoms with van der Waals surface area (Å²) in [5, 5.41) is 7.72. The molecule has 2 atom stereocenters. The molecule has 2 aromatic rings. The van der Waals surface area contributed by atoms with Crippen molar-refractivity contribution in [3.63, 3.8) is 0 Å². The molecular weight excluding hydrogens is 294 g/mol. The molecule has 0 spiro atoms. The summed E-state index contributed by atoms with van der Waals surface area (Å²) in [5.74, 6) is -1.48. The minimum Gasteiger partial charge on any atom is -0.478 e. The zero-order valence-corrected chi connectivity index (χ0v) is 11.9. The number of ether oxygens (including phenoxy) is 2. The van der Waals surface area contributed by atoms with Crippen molar-refractivity contribution < 1.29 is 18.3 Å². The van der Waals surface area contributed by atoms with Crippen LogP contribution in [0.1, 0.15) is 5.69 Å². The van der Waals surface area contributed by atoms with E-state index in [9.17, 15) is 8.78 Å². The Kier molecular flexibility index (Phi) is 3.00. The first kappa shape index (κ1) is 13.4. The molecule has 0 bridgehead atoms. The number of fused-ring (bicyclic) bond motifs is 2. The fraction of sp³-hybridized carbons (Fsp3) is 0.429. The summed E-state index contributed by atoms with van der Waals surface area (Å²) in [5.41, 5.74) is 0.952. The molecule has 1 saturated heterocycles. The Morgan fingerprint density at radius 1 is 1.14 bits per heavy atom. The lowest BCUT2D eigenvalue weighted by Crippen LogP contribution is -2.39. The number of halogens is 2. The lowest BCUT2D eigenvalue weighted by atomic mass is 10.2. The summed E-state index contributed by atoms with van der Waals surface area (Å²) in [6.07, 6.45) is 1.06. The van der Waals surface area contributed by atoms with Crippen LogP contribution in [0.25, 0.3) is 0 Å². The van der Waals surface area contributed by atoms with Crippen LogP contribution >= 0.6 is 0 Å². The second-order valence-corrected chi connectivity index (χ2v) is 5.54. The summed E-state index contributed by atoms with van der Waals surface area (Å²) in [6.45, 7) is 1.78. The average Bonchev–Trinajstić information content (AvgIpc) is 3.08. The Morgan fingerprint density at radius 3 is 2.23 bits per heavy atom. The van der Waals surface area contributed by atoms with Crippen LogP contribution in [0.15, 0.2) is 18.3 Å². The standard InChI is InChI=1S/C14H14F2N4O2/c1-19-8(4-17-18-19)5-20-6-11-12(7-20)22-14-10(16)3-2-9(15)13(14)21-11/h2-4,11-12H,5-7H2,1H3/t11-,12+. The molecule has 0 N–H and O–H groups in total. The van der Waals surface area contributed by atoms with Crippen LogP contribution in [-0.2, 0) is 13.6 Å². The number of hydrogen-bond acceptors (Lipinski definition) is 5. The molecule has 0 saturated carbocycles. The van der Waals surface area contributed by atoms with Crippen molar-refractivity contribution in [1.29, 1.82) is 0 Å². The number of aryl methyl sites for hydroxylation is 1. The molecule has 1 aromatic carbocycles. The molecule has 3 heterocycles. The van der Waals surface area contributed by atoms with Crippen molar-refractivity contribution in [2.45, 2.75) is 18.8 Å². The number of rotatable bonds is 2. The van der Waals surface area contributed by atoms with Gasteiger partial charge in [-0.25, -0.2) is 8.78 Å². The quantitative estimate of drug-likeness (QED) is 0.832. The highest BCUT2D eigenvalue weighted by Crippen LogP contribution is 2.40. The van der Waals surface area contributed by atoms with Gasteiger partial charge in [0.1, 0.15) is 12.2 Å². The molecule has 0 unspecified atom stereocenters. The molecule has 1 aromatic heterocycles. The smallest absolute Gasteiger partial charge is 0.200 e. The van der Waals surface area contributed by atoms with E-state index in [0.717, 1.165) is 17.8 Å². The summed E-state index contributed by atoms with van der Waals surface area (Å²) < 4.78 is 40.5. The predicted octanol–water partition coefficient (Wildman–Crippen LogP) is 1.12. The Hall–Kier alpha value is -2.22. The molecule has 1 fully saturated rings. The third kappa shape index (κ3) is 2.10. The number of likely N-dealkylation sites (tertiary alicyclic amines) is 1. The predicted molar refractivity (Wildman–Crippen MR) is 71.5 cm³/mol. The van der Waals surface area contributed by atoms with Gasteiger partial charge in [0.2, 0.25) is 11.5 Å². The first-order valence-electron chi connectivity index (χ1n) is 6.99. The first-order valence-corrected chi connectivity index (χ1v) is 6.99. The lowest BCUT2D eigenvalue weighted by Gasteiger charge is -2.28. The number of benzene rings is 1. The van der Waals surface area contributed by atoms with E-state index >= 15 is 0 Å². The van der Waals surface area contributed by atoms with Gasteiger partial charge in [0.15, 0.2) is 11.6 Å². The van der Waals surface area contributed by atoms with Crippen LogP contribution < -0.4 is 9.47 Å². The molecule has 0 radical (unpaired) electrons. The van der Waals surface area contributed by atoms with Crippen molar-refractivity contribution in [1.82, 2.24) is 19.9 Å². The van der Waals surface area contributed by atoms with Crippen molar-refractivity contribution in [3.05, 3.63) is 35.7 Å². The van der Waals surface area contributed by atoms with Crippen LogP contribution in [0.2, 0.25) is 0 Å². The van der Waals surface area contributed by atoms with Crippen molar-refractivity contribution in [3.8, 4) is 11.5 Å². The Bertz CT molecular complexity index is 682. The highest BCUT2D eigenvalue weighted by Gasteiger charge is 2.42. The molecular formula is C14H14F2N4O2. The van der Waals surface area contributed by atoms with Gasteiger partial charge in [0.25, 0.3) is 0 Å². The van der Waals surface area contributed by atoms with Gasteiger partial charge in [-0.1, -0.05) is 5.21 Å². The van der Waals surface area contributed by atoms with E-state index in [-0.39, 0.29) is 23.7 Å². The maximum absolute atomic E-state index is 13.8. The minimum atomic E-state index is -0.607. The van der Waals surface area contributed by atoms with Crippen LogP contribution in [0.3, 0.4) is 0 Å². The Balaban J connectivity index is 1.53. The highest BCUT2D eigenvalue weighted by atomic mass is 19.1. The number of hydrogen-bond donors (Lipinski definition) is 0. The van der Waals surface area contributed by atoms with E-state index in [1.807, 2.05) is 7.05 Å². The second kappa shape index (κ2) is 4.91. The largest absolute Gasteiger partial charge is 0.478 e. The van der Waals surface area contributed by atoms with Gasteiger partial charge in [0.05, 0.1) is 11.9 Å². The van der Waals surface area contributed by atoms with E-state index in [1.165, 1.54) is 0 Å². The molecule has 2 aliphatic heterocycles. The summed E-state index contributed by atoms with van der Waals surface area (Å²) in [4.78, 5) is 2.09. The van der Waals surface area contributed by atoms with E-state index in [0.29, 0.717) is 19.6 Å². The SMILES string of the molecule is Cn1nncc1CN1C[C@@H]2Oc3c(F)ccc(F)c3O[C@@H]2C1. The normalized spacial score (nSPS) is 23.6. The monoisotopic (exact) mass is 308 g/mol. The average molecular weight is 308 g/mol. The molecule has 8 heteroatoms. The molecule has 116 valence electrons. The minimum absolute atomic E-state index is 0.134. The van der Waals surface area contributed by atoms with Crippen LogP contribution in [0, 0.1) is 11.6 Å².